The summed E-state index contributed by atoms with van der Waals surface area (Å²) < 4.78 is 0. The van der Waals surface area contributed by atoms with Gasteiger partial charge in [-0.3, -0.25) is 4.79 Å². The highest BCUT2D eigenvalue weighted by Gasteiger charge is 2.15. The minimum Gasteiger partial charge on any atom is -0.385 e. The molecule has 0 aromatic carbocycles. The fraction of sp³-hybridized carbons (Fsp3) is 0.667. The van der Waals surface area contributed by atoms with Gasteiger partial charge >= 0.3 is 0 Å². The number of aromatic nitrogens is 2. The maximum Gasteiger partial charge on any atom is 0.272 e. The van der Waals surface area contributed by atoms with Crippen LogP contribution in [0.5, 0.6) is 0 Å². The second kappa shape index (κ2) is 8.56. The van der Waals surface area contributed by atoms with Crippen LogP contribution < -0.4 is 10.6 Å². The van der Waals surface area contributed by atoms with Gasteiger partial charge in [-0.15, -0.1) is 0 Å². The van der Waals surface area contributed by atoms with Gasteiger partial charge in [0.25, 0.3) is 5.91 Å². The van der Waals surface area contributed by atoms with E-state index < -0.39 is 0 Å². The summed E-state index contributed by atoms with van der Waals surface area (Å²) in [5, 5.41) is 5.89. The number of nitrogens with one attached hydrogen (secondary N) is 2. The van der Waals surface area contributed by atoms with Crippen LogP contribution in [-0.2, 0) is 0 Å². The van der Waals surface area contributed by atoms with Gasteiger partial charge in [0.1, 0.15) is 5.82 Å². The number of rotatable bonds is 8. The number of hydrogen-bond donors (Lipinski definition) is 2. The van der Waals surface area contributed by atoms with Crippen molar-refractivity contribution in [1.82, 2.24) is 20.2 Å². The largest absolute Gasteiger partial charge is 0.385 e. The molecule has 1 aromatic heterocycles. The fourth-order valence-electron chi connectivity index (χ4n) is 1.87. The SMILES string of the molecule is CNc1cnc(C(C)C)nc1C(=O)NCCCCN(C)C. The molecule has 0 aliphatic heterocycles. The Hall–Kier alpha value is -1.69. The van der Waals surface area contributed by atoms with Crippen molar-refractivity contribution in [2.24, 2.45) is 0 Å². The Morgan fingerprint density at radius 2 is 2.05 bits per heavy atom. The summed E-state index contributed by atoms with van der Waals surface area (Å²) in [5.41, 5.74) is 1.08. The zero-order chi connectivity index (χ0) is 15.8. The van der Waals surface area contributed by atoms with Crippen LogP contribution in [0.25, 0.3) is 0 Å². The van der Waals surface area contributed by atoms with Crippen molar-refractivity contribution < 1.29 is 4.79 Å². The first-order chi connectivity index (χ1) is 9.95. The summed E-state index contributed by atoms with van der Waals surface area (Å²) in [4.78, 5) is 23.0. The number of hydrogen-bond acceptors (Lipinski definition) is 5. The fourth-order valence-corrected chi connectivity index (χ4v) is 1.87. The first-order valence-electron chi connectivity index (χ1n) is 7.43. The van der Waals surface area contributed by atoms with Gasteiger partial charge in [-0.2, -0.15) is 0 Å². The second-order valence-corrected chi connectivity index (χ2v) is 5.66. The molecule has 1 heterocycles. The zero-order valence-electron chi connectivity index (χ0n) is 13.7. The predicted molar refractivity (Wildman–Crippen MR) is 85.8 cm³/mol. The van der Waals surface area contributed by atoms with Gasteiger partial charge in [0, 0.05) is 19.5 Å². The van der Waals surface area contributed by atoms with E-state index in [1.54, 1.807) is 13.2 Å². The molecule has 0 fully saturated rings. The number of carbonyl (C=O) groups excluding carboxylic acids is 1. The Morgan fingerprint density at radius 1 is 1.33 bits per heavy atom. The molecule has 0 unspecified atom stereocenters. The molecule has 6 nitrogen and oxygen atoms in total. The molecule has 0 spiro atoms. The van der Waals surface area contributed by atoms with E-state index in [-0.39, 0.29) is 11.8 Å². The van der Waals surface area contributed by atoms with E-state index in [4.69, 9.17) is 0 Å². The highest BCUT2D eigenvalue weighted by Crippen LogP contribution is 2.15. The highest BCUT2D eigenvalue weighted by atomic mass is 16.1. The maximum atomic E-state index is 12.2. The van der Waals surface area contributed by atoms with Crippen LogP contribution in [0.1, 0.15) is 48.9 Å². The Kier molecular flexibility index (Phi) is 7.08. The van der Waals surface area contributed by atoms with Gasteiger partial charge in [-0.1, -0.05) is 13.8 Å². The van der Waals surface area contributed by atoms with E-state index in [1.807, 2.05) is 27.9 Å². The predicted octanol–water partition coefficient (Wildman–Crippen LogP) is 1.71. The highest BCUT2D eigenvalue weighted by molar-refractivity contribution is 5.97. The van der Waals surface area contributed by atoms with E-state index in [2.05, 4.69) is 25.5 Å². The third-order valence-electron chi connectivity index (χ3n) is 3.13. The van der Waals surface area contributed by atoms with E-state index in [9.17, 15) is 4.79 Å². The lowest BCUT2D eigenvalue weighted by molar-refractivity contribution is 0.0948. The minimum atomic E-state index is -0.145. The van der Waals surface area contributed by atoms with Crippen LogP contribution in [0, 0.1) is 0 Å². The number of unbranched alkanes of at least 4 members (excludes halogenated alkanes) is 1. The topological polar surface area (TPSA) is 70.1 Å². The maximum absolute atomic E-state index is 12.2. The molecule has 0 atom stereocenters. The van der Waals surface area contributed by atoms with Crippen LogP contribution in [0.2, 0.25) is 0 Å². The van der Waals surface area contributed by atoms with Crippen molar-refractivity contribution in [1.29, 1.82) is 0 Å². The molecule has 1 rings (SSSR count). The Bertz CT molecular complexity index is 459. The average Bonchev–Trinajstić information content (AvgIpc) is 2.45. The van der Waals surface area contributed by atoms with Gasteiger partial charge < -0.3 is 15.5 Å². The number of carbonyl (C=O) groups is 1. The minimum absolute atomic E-state index is 0.145. The van der Waals surface area contributed by atoms with Crippen molar-refractivity contribution in [3.05, 3.63) is 17.7 Å². The van der Waals surface area contributed by atoms with Gasteiger partial charge in [0.05, 0.1) is 11.9 Å². The molecule has 0 aliphatic carbocycles. The molecule has 1 aromatic rings. The number of amides is 1. The average molecular weight is 293 g/mol. The zero-order valence-corrected chi connectivity index (χ0v) is 13.7. The second-order valence-electron chi connectivity index (χ2n) is 5.66. The van der Waals surface area contributed by atoms with Crippen LogP contribution in [0.3, 0.4) is 0 Å². The monoisotopic (exact) mass is 293 g/mol. The molecule has 2 N–H and O–H groups in total. The summed E-state index contributed by atoms with van der Waals surface area (Å²) in [6, 6.07) is 0. The molecular formula is C15H27N5O. The van der Waals surface area contributed by atoms with Crippen LogP contribution in [-0.4, -0.2) is 55.0 Å². The molecule has 0 radical (unpaired) electrons. The van der Waals surface area contributed by atoms with E-state index in [0.29, 0.717) is 23.8 Å². The quantitative estimate of drug-likeness (QED) is 0.714. The first-order valence-corrected chi connectivity index (χ1v) is 7.43. The third-order valence-corrected chi connectivity index (χ3v) is 3.13. The lowest BCUT2D eigenvalue weighted by Crippen LogP contribution is -2.27. The summed E-state index contributed by atoms with van der Waals surface area (Å²) >= 11 is 0. The normalized spacial score (nSPS) is 11.0. The number of anilines is 1. The Labute approximate surface area is 127 Å². The summed E-state index contributed by atoms with van der Waals surface area (Å²) in [6.45, 7) is 5.72. The summed E-state index contributed by atoms with van der Waals surface area (Å²) in [5.74, 6) is 0.739. The van der Waals surface area contributed by atoms with Crippen molar-refractivity contribution >= 4 is 11.6 Å². The van der Waals surface area contributed by atoms with E-state index in [1.165, 1.54) is 0 Å². The lowest BCUT2D eigenvalue weighted by Gasteiger charge is -2.12. The summed E-state index contributed by atoms with van der Waals surface area (Å²) in [7, 11) is 5.86. The smallest absolute Gasteiger partial charge is 0.272 e. The lowest BCUT2D eigenvalue weighted by atomic mass is 10.2. The molecule has 0 aliphatic rings. The molecule has 6 heteroatoms. The standard InChI is InChI=1S/C15H27N5O/c1-11(2)14-18-10-12(16-3)13(19-14)15(21)17-8-6-7-9-20(4)5/h10-11,16H,6-9H2,1-5H3,(H,17,21). The molecule has 0 saturated heterocycles. The first kappa shape index (κ1) is 17.4. The van der Waals surface area contributed by atoms with Crippen LogP contribution >= 0.6 is 0 Å². The molecule has 0 saturated carbocycles. The Morgan fingerprint density at radius 3 is 2.62 bits per heavy atom. The van der Waals surface area contributed by atoms with Crippen molar-refractivity contribution in [3.63, 3.8) is 0 Å². The van der Waals surface area contributed by atoms with Gasteiger partial charge in [0.15, 0.2) is 5.69 Å². The molecule has 1 amide bonds. The molecular weight excluding hydrogens is 266 g/mol. The number of nitrogens with zero attached hydrogens (tertiary/aromatic N) is 3. The van der Waals surface area contributed by atoms with Crippen LogP contribution in [0.15, 0.2) is 6.20 Å². The van der Waals surface area contributed by atoms with E-state index in [0.717, 1.165) is 19.4 Å². The van der Waals surface area contributed by atoms with Crippen molar-refractivity contribution in [2.45, 2.75) is 32.6 Å². The van der Waals surface area contributed by atoms with Gasteiger partial charge in [-0.25, -0.2) is 9.97 Å². The molecule has 0 bridgehead atoms. The van der Waals surface area contributed by atoms with Crippen molar-refractivity contribution in [2.75, 3.05) is 39.5 Å². The van der Waals surface area contributed by atoms with Crippen molar-refractivity contribution in [3.8, 4) is 0 Å². The third kappa shape index (κ3) is 5.67. The van der Waals surface area contributed by atoms with Gasteiger partial charge in [0.2, 0.25) is 0 Å². The van der Waals surface area contributed by atoms with Crippen LogP contribution in [0.4, 0.5) is 5.69 Å². The Balaban J connectivity index is 2.61. The summed E-state index contributed by atoms with van der Waals surface area (Å²) in [6.07, 6.45) is 3.69. The van der Waals surface area contributed by atoms with E-state index >= 15 is 0 Å². The molecule has 118 valence electrons. The van der Waals surface area contributed by atoms with Gasteiger partial charge in [-0.05, 0) is 33.5 Å². The molecule has 21 heavy (non-hydrogen) atoms.